The van der Waals surface area contributed by atoms with Crippen molar-refractivity contribution >= 4 is 11.3 Å². The van der Waals surface area contributed by atoms with Crippen molar-refractivity contribution in [1.82, 2.24) is 0 Å². The highest BCUT2D eigenvalue weighted by atomic mass is 32.1. The van der Waals surface area contributed by atoms with Crippen LogP contribution in [0, 0.1) is 13.8 Å². The maximum Gasteiger partial charge on any atom is 0.114 e. The molecule has 1 unspecified atom stereocenters. The van der Waals surface area contributed by atoms with Gasteiger partial charge in [-0.2, -0.15) is 0 Å². The Hall–Kier alpha value is -0.800. The molecule has 0 spiro atoms. The van der Waals surface area contributed by atoms with E-state index in [0.717, 1.165) is 18.8 Å². The van der Waals surface area contributed by atoms with Crippen LogP contribution in [0.5, 0.6) is 0 Å². The van der Waals surface area contributed by atoms with Crippen molar-refractivity contribution in [2.45, 2.75) is 26.3 Å². The first-order valence-corrected chi connectivity index (χ1v) is 5.65. The summed E-state index contributed by atoms with van der Waals surface area (Å²) in [6.07, 6.45) is 3.08. The molecule has 2 rings (SSSR count). The summed E-state index contributed by atoms with van der Waals surface area (Å²) in [5.74, 6) is 0.936. The normalized spacial score (nSPS) is 17.8. The number of thiophene rings is 1. The van der Waals surface area contributed by atoms with E-state index in [4.69, 9.17) is 10.5 Å². The van der Waals surface area contributed by atoms with E-state index in [1.165, 1.54) is 15.3 Å². The highest BCUT2D eigenvalue weighted by molar-refractivity contribution is 7.12. The third-order valence-corrected chi connectivity index (χ3v) is 3.77. The Balaban J connectivity index is 2.22. The average molecular weight is 209 g/mol. The SMILES string of the molecule is Cc1cc(C(N)C2=CCCO2)sc1C. The van der Waals surface area contributed by atoms with Crippen LogP contribution >= 0.6 is 11.3 Å². The van der Waals surface area contributed by atoms with Gasteiger partial charge in [0, 0.05) is 16.2 Å². The molecular formula is C11H15NOS. The van der Waals surface area contributed by atoms with Gasteiger partial charge < -0.3 is 10.5 Å². The summed E-state index contributed by atoms with van der Waals surface area (Å²) in [6, 6.07) is 2.10. The molecule has 1 aliphatic heterocycles. The topological polar surface area (TPSA) is 35.2 Å². The molecule has 1 atom stereocenters. The molecular weight excluding hydrogens is 194 g/mol. The van der Waals surface area contributed by atoms with Gasteiger partial charge in [-0.3, -0.25) is 0 Å². The summed E-state index contributed by atoms with van der Waals surface area (Å²) >= 11 is 1.76. The Kier molecular flexibility index (Phi) is 2.61. The van der Waals surface area contributed by atoms with Crippen LogP contribution in [0.1, 0.15) is 27.8 Å². The number of rotatable bonds is 2. The van der Waals surface area contributed by atoms with Crippen LogP contribution < -0.4 is 5.73 Å². The maximum absolute atomic E-state index is 6.10. The van der Waals surface area contributed by atoms with Gasteiger partial charge in [-0.25, -0.2) is 0 Å². The van der Waals surface area contributed by atoms with Crippen LogP contribution in [0.2, 0.25) is 0 Å². The summed E-state index contributed by atoms with van der Waals surface area (Å²) in [5, 5.41) is 0. The molecule has 2 nitrogen and oxygen atoms in total. The lowest BCUT2D eigenvalue weighted by atomic mass is 10.2. The minimum atomic E-state index is -0.0603. The molecule has 0 aromatic carbocycles. The first-order chi connectivity index (χ1) is 6.68. The standard InChI is InChI=1S/C11H15NOS/c1-7-6-10(14-8(7)2)11(12)9-4-3-5-13-9/h4,6,11H,3,5,12H2,1-2H3. The summed E-state index contributed by atoms with van der Waals surface area (Å²) in [6.45, 7) is 5.03. The van der Waals surface area contributed by atoms with E-state index in [2.05, 4.69) is 26.0 Å². The molecule has 0 bridgehead atoms. The lowest BCUT2D eigenvalue weighted by Crippen LogP contribution is -2.11. The lowest BCUT2D eigenvalue weighted by molar-refractivity contribution is 0.226. The van der Waals surface area contributed by atoms with E-state index in [1.807, 2.05) is 0 Å². The summed E-state index contributed by atoms with van der Waals surface area (Å²) in [4.78, 5) is 2.54. The van der Waals surface area contributed by atoms with Gasteiger partial charge in [-0.05, 0) is 31.6 Å². The Morgan fingerprint density at radius 3 is 2.79 bits per heavy atom. The zero-order valence-corrected chi connectivity index (χ0v) is 9.36. The zero-order valence-electron chi connectivity index (χ0n) is 8.54. The van der Waals surface area contributed by atoms with Crippen molar-refractivity contribution in [1.29, 1.82) is 0 Å². The van der Waals surface area contributed by atoms with E-state index < -0.39 is 0 Å². The van der Waals surface area contributed by atoms with Gasteiger partial charge in [0.05, 0.1) is 12.6 Å². The highest BCUT2D eigenvalue weighted by Gasteiger charge is 2.18. The second-order valence-electron chi connectivity index (χ2n) is 3.61. The molecule has 76 valence electrons. The second-order valence-corrected chi connectivity index (χ2v) is 4.90. The van der Waals surface area contributed by atoms with Gasteiger partial charge in [-0.1, -0.05) is 0 Å². The second kappa shape index (κ2) is 3.75. The van der Waals surface area contributed by atoms with Crippen LogP contribution in [-0.4, -0.2) is 6.61 Å². The lowest BCUT2D eigenvalue weighted by Gasteiger charge is -2.10. The van der Waals surface area contributed by atoms with Crippen molar-refractivity contribution in [3.05, 3.63) is 33.2 Å². The minimum Gasteiger partial charge on any atom is -0.496 e. The summed E-state index contributed by atoms with van der Waals surface area (Å²) < 4.78 is 5.46. The van der Waals surface area contributed by atoms with Crippen molar-refractivity contribution < 1.29 is 4.74 Å². The average Bonchev–Trinajstić information content (AvgIpc) is 2.76. The van der Waals surface area contributed by atoms with E-state index in [1.54, 1.807) is 11.3 Å². The predicted molar refractivity (Wildman–Crippen MR) is 59.4 cm³/mol. The maximum atomic E-state index is 6.10. The van der Waals surface area contributed by atoms with Gasteiger partial charge >= 0.3 is 0 Å². The molecule has 1 aliphatic rings. The molecule has 0 saturated carbocycles. The van der Waals surface area contributed by atoms with E-state index in [9.17, 15) is 0 Å². The third kappa shape index (κ3) is 1.70. The molecule has 0 radical (unpaired) electrons. The fourth-order valence-corrected chi connectivity index (χ4v) is 2.60. The Bertz CT molecular complexity index is 348. The van der Waals surface area contributed by atoms with Gasteiger partial charge in [0.1, 0.15) is 5.76 Å². The smallest absolute Gasteiger partial charge is 0.114 e. The van der Waals surface area contributed by atoms with Gasteiger partial charge in [0.25, 0.3) is 0 Å². The van der Waals surface area contributed by atoms with Crippen molar-refractivity contribution in [2.75, 3.05) is 6.61 Å². The van der Waals surface area contributed by atoms with Crippen molar-refractivity contribution in [3.8, 4) is 0 Å². The molecule has 0 fully saturated rings. The van der Waals surface area contributed by atoms with Crippen LogP contribution in [0.25, 0.3) is 0 Å². The summed E-state index contributed by atoms with van der Waals surface area (Å²) in [5.41, 5.74) is 7.42. The van der Waals surface area contributed by atoms with Crippen LogP contribution in [0.15, 0.2) is 17.9 Å². The van der Waals surface area contributed by atoms with E-state index >= 15 is 0 Å². The predicted octanol–water partition coefficient (Wildman–Crippen LogP) is 2.67. The molecule has 14 heavy (non-hydrogen) atoms. The van der Waals surface area contributed by atoms with E-state index in [0.29, 0.717) is 0 Å². The Morgan fingerprint density at radius 1 is 1.50 bits per heavy atom. The van der Waals surface area contributed by atoms with Crippen LogP contribution in [0.3, 0.4) is 0 Å². The first-order valence-electron chi connectivity index (χ1n) is 4.84. The molecule has 1 aromatic heterocycles. The number of aryl methyl sites for hydroxylation is 2. The van der Waals surface area contributed by atoms with Crippen molar-refractivity contribution in [3.63, 3.8) is 0 Å². The fourth-order valence-electron chi connectivity index (χ4n) is 1.55. The monoisotopic (exact) mass is 209 g/mol. The van der Waals surface area contributed by atoms with Crippen LogP contribution in [0.4, 0.5) is 0 Å². The van der Waals surface area contributed by atoms with Gasteiger partial charge in [0.15, 0.2) is 0 Å². The number of ether oxygens (including phenoxy) is 1. The summed E-state index contributed by atoms with van der Waals surface area (Å²) in [7, 11) is 0. The molecule has 0 saturated heterocycles. The number of nitrogens with two attached hydrogens (primary N) is 1. The van der Waals surface area contributed by atoms with Gasteiger partial charge in [-0.15, -0.1) is 11.3 Å². The van der Waals surface area contributed by atoms with Crippen LogP contribution in [-0.2, 0) is 4.74 Å². The first kappa shape index (κ1) is 9.74. The molecule has 2 N–H and O–H groups in total. The quantitative estimate of drug-likeness (QED) is 0.812. The molecule has 0 aliphatic carbocycles. The number of hydrogen-bond acceptors (Lipinski definition) is 3. The molecule has 1 aromatic rings. The molecule has 3 heteroatoms. The highest BCUT2D eigenvalue weighted by Crippen LogP contribution is 2.31. The van der Waals surface area contributed by atoms with Crippen molar-refractivity contribution in [2.24, 2.45) is 5.73 Å². The zero-order chi connectivity index (χ0) is 10.1. The Labute approximate surface area is 88.4 Å². The molecule has 2 heterocycles. The fraction of sp³-hybridized carbons (Fsp3) is 0.455. The largest absolute Gasteiger partial charge is 0.496 e. The minimum absolute atomic E-state index is 0.0603. The molecule has 0 amide bonds. The van der Waals surface area contributed by atoms with E-state index in [-0.39, 0.29) is 6.04 Å². The van der Waals surface area contributed by atoms with Gasteiger partial charge in [0.2, 0.25) is 0 Å². The Morgan fingerprint density at radius 2 is 2.29 bits per heavy atom. The third-order valence-electron chi connectivity index (χ3n) is 2.53. The number of hydrogen-bond donors (Lipinski definition) is 1.